The second-order valence-corrected chi connectivity index (χ2v) is 6.95. The molecule has 1 fully saturated rings. The van der Waals surface area contributed by atoms with Gasteiger partial charge in [-0.25, -0.2) is 0 Å². The molecular weight excluding hydrogens is 455 g/mol. The molecule has 3 N–H and O–H groups in total. The molecule has 0 radical (unpaired) electrons. The fourth-order valence-electron chi connectivity index (χ4n) is 3.18. The molecule has 27 heavy (non-hydrogen) atoms. The number of nitrogens with one attached hydrogen (secondary N) is 1. The van der Waals surface area contributed by atoms with Gasteiger partial charge in [0.15, 0.2) is 5.96 Å². The lowest BCUT2D eigenvalue weighted by Gasteiger charge is -2.31. The van der Waals surface area contributed by atoms with E-state index in [0.29, 0.717) is 25.2 Å². The zero-order valence-corrected chi connectivity index (χ0v) is 18.9. The van der Waals surface area contributed by atoms with Crippen molar-refractivity contribution in [1.29, 1.82) is 0 Å². The van der Waals surface area contributed by atoms with Crippen molar-refractivity contribution in [2.45, 2.75) is 44.9 Å². The molecule has 0 bridgehead atoms. The van der Waals surface area contributed by atoms with Crippen LogP contribution in [0.2, 0.25) is 0 Å². The zero-order valence-electron chi connectivity index (χ0n) is 16.6. The average molecular weight is 490 g/mol. The number of methoxy groups -OCH3 is 1. The first-order valence-electron chi connectivity index (χ1n) is 9.60. The molecule has 1 aromatic carbocycles. The molecule has 1 aliphatic rings. The van der Waals surface area contributed by atoms with Crippen LogP contribution in [0.5, 0.6) is 0 Å². The molecule has 1 saturated heterocycles. The number of nitrogens with two attached hydrogens (primary N) is 1. The minimum atomic E-state index is 0. The first-order chi connectivity index (χ1) is 12.7. The highest BCUT2D eigenvalue weighted by Crippen LogP contribution is 2.16. The summed E-state index contributed by atoms with van der Waals surface area (Å²) in [6.07, 6.45) is 3.48. The first kappa shape index (κ1) is 24.1. The molecule has 1 heterocycles. The predicted octanol–water partition coefficient (Wildman–Crippen LogP) is 2.61. The van der Waals surface area contributed by atoms with Crippen LogP contribution in [0, 0.1) is 0 Å². The Morgan fingerprint density at radius 2 is 2.00 bits per heavy atom. The summed E-state index contributed by atoms with van der Waals surface area (Å²) in [6.45, 7) is 7.30. The maximum absolute atomic E-state index is 6.01. The summed E-state index contributed by atoms with van der Waals surface area (Å²) in [5.41, 5.74) is 7.23. The van der Waals surface area contributed by atoms with Crippen molar-refractivity contribution in [3.8, 4) is 0 Å². The molecule has 1 atom stereocenters. The molecule has 7 heteroatoms. The van der Waals surface area contributed by atoms with E-state index in [4.69, 9.17) is 15.2 Å². The van der Waals surface area contributed by atoms with E-state index in [1.165, 1.54) is 5.56 Å². The van der Waals surface area contributed by atoms with Gasteiger partial charge in [0, 0.05) is 45.9 Å². The largest absolute Gasteiger partial charge is 0.383 e. The van der Waals surface area contributed by atoms with E-state index in [2.05, 4.69) is 45.5 Å². The summed E-state index contributed by atoms with van der Waals surface area (Å²) in [7, 11) is 1.68. The van der Waals surface area contributed by atoms with Crippen molar-refractivity contribution in [3.63, 3.8) is 0 Å². The third kappa shape index (κ3) is 10.3. The fourth-order valence-corrected chi connectivity index (χ4v) is 3.18. The van der Waals surface area contributed by atoms with Gasteiger partial charge in [-0.3, -0.25) is 9.89 Å². The second kappa shape index (κ2) is 14.1. The summed E-state index contributed by atoms with van der Waals surface area (Å²) in [5.74, 6) is 0.476. The topological polar surface area (TPSA) is 72.1 Å². The number of hydrogen-bond donors (Lipinski definition) is 2. The van der Waals surface area contributed by atoms with Crippen LogP contribution in [-0.2, 0) is 16.0 Å². The molecule has 1 unspecified atom stereocenters. The Labute approximate surface area is 180 Å². The monoisotopic (exact) mass is 490 g/mol. The molecule has 1 aromatic rings. The number of piperidine rings is 1. The number of nitrogens with zero attached hydrogens (tertiary/aromatic N) is 2. The van der Waals surface area contributed by atoms with E-state index in [9.17, 15) is 0 Å². The fraction of sp³-hybridized carbons (Fsp3) is 0.650. The van der Waals surface area contributed by atoms with Crippen molar-refractivity contribution >= 4 is 29.9 Å². The number of likely N-dealkylation sites (tertiary alicyclic amines) is 1. The number of guanidine groups is 1. The lowest BCUT2D eigenvalue weighted by atomic mass is 10.1. The maximum Gasteiger partial charge on any atom is 0.188 e. The van der Waals surface area contributed by atoms with Gasteiger partial charge >= 0.3 is 0 Å². The Morgan fingerprint density at radius 1 is 1.30 bits per heavy atom. The molecule has 0 aliphatic carbocycles. The first-order valence-corrected chi connectivity index (χ1v) is 9.60. The van der Waals surface area contributed by atoms with Crippen LogP contribution in [0.4, 0.5) is 0 Å². The van der Waals surface area contributed by atoms with Crippen molar-refractivity contribution < 1.29 is 9.47 Å². The molecule has 0 spiro atoms. The van der Waals surface area contributed by atoms with Gasteiger partial charge in [0.1, 0.15) is 0 Å². The number of hydrogen-bond acceptors (Lipinski definition) is 4. The molecule has 2 rings (SSSR count). The Kier molecular flexibility index (Phi) is 12.6. The molecule has 1 aliphatic heterocycles. The number of rotatable bonds is 10. The van der Waals surface area contributed by atoms with Crippen molar-refractivity contribution in [1.82, 2.24) is 10.2 Å². The minimum Gasteiger partial charge on any atom is -0.383 e. The lowest BCUT2D eigenvalue weighted by molar-refractivity contribution is 0.00566. The molecule has 0 saturated carbocycles. The molecule has 0 aromatic heterocycles. The number of ether oxygens (including phenoxy) is 2. The Balaban J connectivity index is 0.00000364. The van der Waals surface area contributed by atoms with Crippen LogP contribution < -0.4 is 11.1 Å². The Hall–Kier alpha value is -0.900. The van der Waals surface area contributed by atoms with Gasteiger partial charge < -0.3 is 20.5 Å². The van der Waals surface area contributed by atoms with E-state index in [0.717, 1.165) is 45.5 Å². The van der Waals surface area contributed by atoms with E-state index >= 15 is 0 Å². The van der Waals surface area contributed by atoms with Crippen molar-refractivity contribution in [2.75, 3.05) is 40.0 Å². The van der Waals surface area contributed by atoms with Gasteiger partial charge in [0.25, 0.3) is 0 Å². The molecule has 0 amide bonds. The second-order valence-electron chi connectivity index (χ2n) is 6.95. The lowest BCUT2D eigenvalue weighted by Crippen LogP contribution is -2.40. The van der Waals surface area contributed by atoms with E-state index in [-0.39, 0.29) is 30.0 Å². The van der Waals surface area contributed by atoms with Crippen LogP contribution >= 0.6 is 24.0 Å². The van der Waals surface area contributed by atoms with Crippen molar-refractivity contribution in [3.05, 3.63) is 35.9 Å². The van der Waals surface area contributed by atoms with Gasteiger partial charge in [0.05, 0.1) is 12.7 Å². The van der Waals surface area contributed by atoms with Crippen LogP contribution in [0.3, 0.4) is 0 Å². The van der Waals surface area contributed by atoms with Gasteiger partial charge in [-0.15, -0.1) is 24.0 Å². The standard InChI is InChI=1S/C20H34N4O2.HI/c1-17(16-25-2)23-20(21)22-11-6-14-26-19-9-12-24(13-10-19)15-18-7-4-3-5-8-18;/h3-5,7-8,17,19H,6,9-16H2,1-2H3,(H3,21,22,23);1H. The molecule has 6 nitrogen and oxygen atoms in total. The SMILES string of the molecule is COCC(C)NC(N)=NCCCOC1CCN(Cc2ccccc2)CC1.I. The highest BCUT2D eigenvalue weighted by molar-refractivity contribution is 14.0. The summed E-state index contributed by atoms with van der Waals surface area (Å²) in [4.78, 5) is 6.83. The number of benzene rings is 1. The van der Waals surface area contributed by atoms with Crippen LogP contribution in [0.1, 0.15) is 31.7 Å². The van der Waals surface area contributed by atoms with Crippen LogP contribution in [-0.4, -0.2) is 63.0 Å². The third-order valence-electron chi connectivity index (χ3n) is 4.53. The maximum atomic E-state index is 6.01. The summed E-state index contributed by atoms with van der Waals surface area (Å²) in [5, 5.41) is 3.10. The summed E-state index contributed by atoms with van der Waals surface area (Å²) in [6, 6.07) is 10.8. The number of halogens is 1. The van der Waals surface area contributed by atoms with Crippen molar-refractivity contribution in [2.24, 2.45) is 10.7 Å². The van der Waals surface area contributed by atoms with E-state index in [1.807, 2.05) is 6.92 Å². The highest BCUT2D eigenvalue weighted by Gasteiger charge is 2.19. The highest BCUT2D eigenvalue weighted by atomic mass is 127. The van der Waals surface area contributed by atoms with Gasteiger partial charge in [-0.1, -0.05) is 30.3 Å². The number of aliphatic imine (C=N–C) groups is 1. The smallest absolute Gasteiger partial charge is 0.188 e. The van der Waals surface area contributed by atoms with Gasteiger partial charge in [-0.2, -0.15) is 0 Å². The van der Waals surface area contributed by atoms with Crippen LogP contribution in [0.15, 0.2) is 35.3 Å². The predicted molar refractivity (Wildman–Crippen MR) is 122 cm³/mol. The zero-order chi connectivity index (χ0) is 18.6. The summed E-state index contributed by atoms with van der Waals surface area (Å²) >= 11 is 0. The normalized spacial score (nSPS) is 17.3. The van der Waals surface area contributed by atoms with Gasteiger partial charge in [0.2, 0.25) is 0 Å². The molecule has 154 valence electrons. The van der Waals surface area contributed by atoms with Crippen LogP contribution in [0.25, 0.3) is 0 Å². The minimum absolute atomic E-state index is 0. The average Bonchev–Trinajstić information content (AvgIpc) is 2.64. The quantitative estimate of drug-likeness (QED) is 0.228. The molecular formula is C20H35IN4O2. The summed E-state index contributed by atoms with van der Waals surface area (Å²) < 4.78 is 11.1. The van der Waals surface area contributed by atoms with E-state index < -0.39 is 0 Å². The Morgan fingerprint density at radius 3 is 2.67 bits per heavy atom. The van der Waals surface area contributed by atoms with Gasteiger partial charge in [-0.05, 0) is 31.7 Å². The van der Waals surface area contributed by atoms with E-state index in [1.54, 1.807) is 7.11 Å². The Bertz CT molecular complexity index is 522. The third-order valence-corrected chi connectivity index (χ3v) is 4.53.